The molecule has 1 saturated heterocycles. The van der Waals surface area contributed by atoms with Gasteiger partial charge in [-0.1, -0.05) is 0 Å². The predicted molar refractivity (Wildman–Crippen MR) is 65.0 cm³/mol. The molecular formula is C14H13F4NO2. The topological polar surface area (TPSA) is 40.5 Å². The highest BCUT2D eigenvalue weighted by Crippen LogP contribution is 2.45. The minimum atomic E-state index is -4.63. The summed E-state index contributed by atoms with van der Waals surface area (Å²) in [4.78, 5) is 13.2. The molecule has 1 aliphatic carbocycles. The molecule has 1 aromatic rings. The van der Waals surface area contributed by atoms with Gasteiger partial charge in [-0.3, -0.25) is 4.79 Å². The molecule has 2 fully saturated rings. The fraction of sp³-hybridized carbons (Fsp3) is 0.500. The molecule has 1 amide bonds. The third-order valence-electron chi connectivity index (χ3n) is 4.08. The van der Waals surface area contributed by atoms with Gasteiger partial charge in [0, 0.05) is 0 Å². The molecule has 0 unspecified atom stereocenters. The van der Waals surface area contributed by atoms with Crippen LogP contribution in [0.25, 0.3) is 0 Å². The molecule has 114 valence electrons. The van der Waals surface area contributed by atoms with Crippen LogP contribution < -0.4 is 0 Å². The van der Waals surface area contributed by atoms with Crippen molar-refractivity contribution < 1.29 is 27.5 Å². The van der Waals surface area contributed by atoms with Crippen LogP contribution in [0.5, 0.6) is 0 Å². The van der Waals surface area contributed by atoms with Gasteiger partial charge in [0.25, 0.3) is 5.91 Å². The Morgan fingerprint density at radius 3 is 2.43 bits per heavy atom. The van der Waals surface area contributed by atoms with Gasteiger partial charge >= 0.3 is 6.18 Å². The minimum Gasteiger partial charge on any atom is -0.386 e. The molecule has 1 aliphatic heterocycles. The van der Waals surface area contributed by atoms with Crippen LogP contribution in [-0.4, -0.2) is 34.6 Å². The highest BCUT2D eigenvalue weighted by molar-refractivity contribution is 5.95. The maximum Gasteiger partial charge on any atom is 0.416 e. The maximum absolute atomic E-state index is 13.6. The number of nitrogens with zero attached hydrogens (tertiary/aromatic N) is 1. The number of rotatable bonds is 2. The largest absolute Gasteiger partial charge is 0.416 e. The lowest BCUT2D eigenvalue weighted by molar-refractivity contribution is -0.137. The molecule has 1 heterocycles. The van der Waals surface area contributed by atoms with Crippen molar-refractivity contribution in [3.8, 4) is 0 Å². The smallest absolute Gasteiger partial charge is 0.386 e. The molecule has 1 aromatic carbocycles. The van der Waals surface area contributed by atoms with Gasteiger partial charge in [0.1, 0.15) is 11.4 Å². The molecule has 3 nitrogen and oxygen atoms in total. The molecule has 7 heteroatoms. The van der Waals surface area contributed by atoms with E-state index in [1.54, 1.807) is 0 Å². The molecule has 0 bridgehead atoms. The Morgan fingerprint density at radius 2 is 1.90 bits per heavy atom. The molecule has 0 atom stereocenters. The molecule has 1 saturated carbocycles. The highest BCUT2D eigenvalue weighted by Gasteiger charge is 2.53. The van der Waals surface area contributed by atoms with Crippen molar-refractivity contribution in [2.75, 3.05) is 13.1 Å². The number of hydrogen-bond donors (Lipinski definition) is 1. The number of alkyl halides is 3. The van der Waals surface area contributed by atoms with Gasteiger partial charge in [-0.25, -0.2) is 4.39 Å². The lowest BCUT2D eigenvalue weighted by Crippen LogP contribution is -2.64. The average molecular weight is 303 g/mol. The first kappa shape index (κ1) is 14.3. The number of carbonyl (C=O) groups excluding carboxylic acids is 1. The maximum atomic E-state index is 13.6. The lowest BCUT2D eigenvalue weighted by atomic mass is 9.88. The summed E-state index contributed by atoms with van der Waals surface area (Å²) < 4.78 is 51.4. The third-order valence-corrected chi connectivity index (χ3v) is 4.08. The van der Waals surface area contributed by atoms with Crippen LogP contribution >= 0.6 is 0 Å². The van der Waals surface area contributed by atoms with Crippen LogP contribution in [-0.2, 0) is 6.18 Å². The number of β-amino-alcohol motifs (C(OH)–C–C–N with tert-alkyl or cyclic N) is 1. The predicted octanol–water partition coefficient (Wildman–Crippen LogP) is 2.44. The van der Waals surface area contributed by atoms with Gasteiger partial charge in [0.2, 0.25) is 0 Å². The molecule has 0 spiro atoms. The molecule has 0 radical (unpaired) electrons. The average Bonchev–Trinajstić information content (AvgIpc) is 3.17. The molecular weight excluding hydrogens is 290 g/mol. The Morgan fingerprint density at radius 1 is 1.29 bits per heavy atom. The third kappa shape index (κ3) is 2.50. The van der Waals surface area contributed by atoms with Crippen LogP contribution in [0.2, 0.25) is 0 Å². The van der Waals surface area contributed by atoms with Gasteiger partial charge in [0.05, 0.1) is 24.2 Å². The number of hydrogen-bond acceptors (Lipinski definition) is 2. The Labute approximate surface area is 118 Å². The van der Waals surface area contributed by atoms with Crippen LogP contribution in [0, 0.1) is 11.7 Å². The molecule has 3 rings (SSSR count). The second-order valence-electron chi connectivity index (χ2n) is 5.73. The highest BCUT2D eigenvalue weighted by atomic mass is 19.4. The number of halogens is 4. The second-order valence-corrected chi connectivity index (χ2v) is 5.73. The van der Waals surface area contributed by atoms with Crippen LogP contribution in [0.15, 0.2) is 18.2 Å². The first-order valence-corrected chi connectivity index (χ1v) is 6.59. The summed E-state index contributed by atoms with van der Waals surface area (Å²) in [6, 6.07) is 1.76. The van der Waals surface area contributed by atoms with Gasteiger partial charge in [-0.05, 0) is 37.0 Å². The van der Waals surface area contributed by atoms with Crippen LogP contribution in [0.1, 0.15) is 28.8 Å². The van der Waals surface area contributed by atoms with E-state index in [1.807, 2.05) is 0 Å². The molecule has 2 aliphatic rings. The van der Waals surface area contributed by atoms with Crippen molar-refractivity contribution in [2.24, 2.45) is 5.92 Å². The van der Waals surface area contributed by atoms with Gasteiger partial charge < -0.3 is 10.0 Å². The summed E-state index contributed by atoms with van der Waals surface area (Å²) in [5.74, 6) is -1.66. The van der Waals surface area contributed by atoms with E-state index in [0.29, 0.717) is 18.2 Å². The van der Waals surface area contributed by atoms with Gasteiger partial charge in [-0.15, -0.1) is 0 Å². The van der Waals surface area contributed by atoms with Gasteiger partial charge in [-0.2, -0.15) is 13.2 Å². The van der Waals surface area contributed by atoms with Crippen molar-refractivity contribution >= 4 is 5.91 Å². The summed E-state index contributed by atoms with van der Waals surface area (Å²) in [5.41, 5.74) is -2.62. The minimum absolute atomic E-state index is 0.0478. The van der Waals surface area contributed by atoms with E-state index < -0.39 is 34.6 Å². The Kier molecular flexibility index (Phi) is 3.02. The van der Waals surface area contributed by atoms with E-state index in [2.05, 4.69) is 0 Å². The monoisotopic (exact) mass is 303 g/mol. The van der Waals surface area contributed by atoms with E-state index in [-0.39, 0.29) is 19.0 Å². The number of likely N-dealkylation sites (tertiary alicyclic amines) is 1. The van der Waals surface area contributed by atoms with Crippen molar-refractivity contribution in [1.82, 2.24) is 4.90 Å². The fourth-order valence-electron chi connectivity index (χ4n) is 2.67. The quantitative estimate of drug-likeness (QED) is 0.853. The Bertz CT molecular complexity index is 589. The number of benzene rings is 1. The zero-order valence-electron chi connectivity index (χ0n) is 11.0. The second kappa shape index (κ2) is 4.43. The van der Waals surface area contributed by atoms with E-state index in [9.17, 15) is 27.5 Å². The fourth-order valence-corrected chi connectivity index (χ4v) is 2.67. The van der Waals surface area contributed by atoms with Gasteiger partial charge in [0.15, 0.2) is 0 Å². The zero-order valence-corrected chi connectivity index (χ0v) is 11.0. The normalized spacial score (nSPS) is 21.1. The van der Waals surface area contributed by atoms with Crippen molar-refractivity contribution in [3.05, 3.63) is 35.1 Å². The molecule has 21 heavy (non-hydrogen) atoms. The Balaban J connectivity index is 1.79. The SMILES string of the molecule is O=C(c1cc(C(F)(F)F)ccc1F)N1CC(O)(C2CC2)C1. The summed E-state index contributed by atoms with van der Waals surface area (Å²) >= 11 is 0. The lowest BCUT2D eigenvalue weighted by Gasteiger charge is -2.47. The number of carbonyl (C=O) groups is 1. The molecule has 1 N–H and O–H groups in total. The number of aliphatic hydroxyl groups is 1. The Hall–Kier alpha value is -1.63. The van der Waals surface area contributed by atoms with E-state index in [4.69, 9.17) is 0 Å². The zero-order chi connectivity index (χ0) is 15.4. The summed E-state index contributed by atoms with van der Waals surface area (Å²) in [6.45, 7) is 0.0956. The number of amides is 1. The van der Waals surface area contributed by atoms with E-state index >= 15 is 0 Å². The standard InChI is InChI=1S/C14H13F4NO2/c15-11-4-3-9(14(16,17)18)5-10(11)12(20)19-6-13(21,7-19)8-1-2-8/h3-5,8,21H,1-2,6-7H2. The van der Waals surface area contributed by atoms with E-state index in [0.717, 1.165) is 12.8 Å². The molecule has 0 aromatic heterocycles. The first-order valence-electron chi connectivity index (χ1n) is 6.59. The summed E-state index contributed by atoms with van der Waals surface area (Å²) in [6.07, 6.45) is -2.86. The van der Waals surface area contributed by atoms with E-state index in [1.165, 1.54) is 4.90 Å². The van der Waals surface area contributed by atoms with Crippen molar-refractivity contribution in [1.29, 1.82) is 0 Å². The van der Waals surface area contributed by atoms with Crippen LogP contribution in [0.3, 0.4) is 0 Å². The van der Waals surface area contributed by atoms with Crippen molar-refractivity contribution in [2.45, 2.75) is 24.6 Å². The van der Waals surface area contributed by atoms with Crippen molar-refractivity contribution in [3.63, 3.8) is 0 Å². The first-order chi connectivity index (χ1) is 9.71. The summed E-state index contributed by atoms with van der Waals surface area (Å²) in [7, 11) is 0. The van der Waals surface area contributed by atoms with Crippen LogP contribution in [0.4, 0.5) is 17.6 Å². The summed E-state index contributed by atoms with van der Waals surface area (Å²) in [5, 5.41) is 10.1.